The van der Waals surface area contributed by atoms with Gasteiger partial charge in [0.15, 0.2) is 0 Å². The average Bonchev–Trinajstić information content (AvgIpc) is 2.30. The minimum atomic E-state index is 0.950. The van der Waals surface area contributed by atoms with Crippen LogP contribution in [0, 0.1) is 6.92 Å². The molecule has 3 heteroatoms. The molecule has 3 nitrogen and oxygen atoms in total. The topological polar surface area (TPSA) is 37.8 Å². The van der Waals surface area contributed by atoms with Gasteiger partial charge < -0.3 is 5.32 Å². The maximum Gasteiger partial charge on any atom is 0.116 e. The lowest BCUT2D eigenvalue weighted by molar-refractivity contribution is 1.16. The fraction of sp³-hybridized carbons (Fsp3) is 0.167. The Bertz CT molecular complexity index is 466. The van der Waals surface area contributed by atoms with Crippen molar-refractivity contribution in [3.8, 4) is 11.3 Å². The molecule has 0 radical (unpaired) electrons. The Kier molecular flexibility index (Phi) is 2.63. The summed E-state index contributed by atoms with van der Waals surface area (Å²) in [5.41, 5.74) is 4.26. The maximum atomic E-state index is 4.31. The summed E-state index contributed by atoms with van der Waals surface area (Å²) >= 11 is 0. The second kappa shape index (κ2) is 4.09. The number of hydrogen-bond donors (Lipinski definition) is 1. The van der Waals surface area contributed by atoms with Gasteiger partial charge in [-0.25, -0.2) is 9.97 Å². The molecule has 0 aliphatic heterocycles. The van der Waals surface area contributed by atoms with Gasteiger partial charge in [0, 0.05) is 12.6 Å². The van der Waals surface area contributed by atoms with Crippen molar-refractivity contribution in [1.29, 1.82) is 0 Å². The van der Waals surface area contributed by atoms with E-state index in [-0.39, 0.29) is 0 Å². The van der Waals surface area contributed by atoms with Crippen LogP contribution < -0.4 is 5.32 Å². The van der Waals surface area contributed by atoms with Gasteiger partial charge in [0.25, 0.3) is 0 Å². The molecule has 76 valence electrons. The Hall–Kier alpha value is -1.90. The lowest BCUT2D eigenvalue weighted by Crippen LogP contribution is -1.96. The SMILES string of the molecule is CNc1cncnc1-c1ccccc1C. The highest BCUT2D eigenvalue weighted by Crippen LogP contribution is 2.26. The van der Waals surface area contributed by atoms with Gasteiger partial charge in [-0.15, -0.1) is 0 Å². The van der Waals surface area contributed by atoms with Crippen LogP contribution in [-0.4, -0.2) is 17.0 Å². The number of aryl methyl sites for hydroxylation is 1. The van der Waals surface area contributed by atoms with Crippen molar-refractivity contribution in [1.82, 2.24) is 9.97 Å². The van der Waals surface area contributed by atoms with Gasteiger partial charge in [-0.2, -0.15) is 0 Å². The highest BCUT2D eigenvalue weighted by Gasteiger charge is 2.06. The zero-order valence-corrected chi connectivity index (χ0v) is 8.86. The van der Waals surface area contributed by atoms with Crippen molar-refractivity contribution < 1.29 is 0 Å². The third kappa shape index (κ3) is 1.81. The van der Waals surface area contributed by atoms with E-state index in [1.807, 2.05) is 19.2 Å². The van der Waals surface area contributed by atoms with Gasteiger partial charge in [-0.1, -0.05) is 24.3 Å². The Morgan fingerprint density at radius 2 is 2.00 bits per heavy atom. The molecule has 0 fully saturated rings. The molecule has 1 heterocycles. The number of anilines is 1. The van der Waals surface area contributed by atoms with E-state index in [1.54, 1.807) is 12.5 Å². The van der Waals surface area contributed by atoms with E-state index in [1.165, 1.54) is 5.56 Å². The van der Waals surface area contributed by atoms with Crippen LogP contribution in [0.15, 0.2) is 36.8 Å². The number of nitrogens with zero attached hydrogens (tertiary/aromatic N) is 2. The molecular weight excluding hydrogens is 186 g/mol. The van der Waals surface area contributed by atoms with Crippen molar-refractivity contribution in [3.63, 3.8) is 0 Å². The molecule has 1 aromatic carbocycles. The molecule has 0 saturated carbocycles. The van der Waals surface area contributed by atoms with E-state index in [2.05, 4.69) is 34.3 Å². The number of rotatable bonds is 2. The predicted octanol–water partition coefficient (Wildman–Crippen LogP) is 2.49. The molecule has 0 bridgehead atoms. The highest BCUT2D eigenvalue weighted by molar-refractivity contribution is 5.75. The number of hydrogen-bond acceptors (Lipinski definition) is 3. The van der Waals surface area contributed by atoms with Crippen LogP contribution in [0.3, 0.4) is 0 Å². The van der Waals surface area contributed by atoms with Crippen LogP contribution in [0.4, 0.5) is 5.69 Å². The number of benzene rings is 1. The monoisotopic (exact) mass is 199 g/mol. The maximum absolute atomic E-state index is 4.31. The number of nitrogens with one attached hydrogen (secondary N) is 1. The molecule has 0 amide bonds. The largest absolute Gasteiger partial charge is 0.385 e. The van der Waals surface area contributed by atoms with Crippen LogP contribution in [-0.2, 0) is 0 Å². The zero-order valence-electron chi connectivity index (χ0n) is 8.86. The molecule has 15 heavy (non-hydrogen) atoms. The van der Waals surface area contributed by atoms with Gasteiger partial charge in [-0.05, 0) is 12.5 Å². The summed E-state index contributed by atoms with van der Waals surface area (Å²) in [5, 5.41) is 3.10. The first kappa shape index (κ1) is 9.65. The molecule has 2 rings (SSSR count). The smallest absolute Gasteiger partial charge is 0.116 e. The lowest BCUT2D eigenvalue weighted by atomic mass is 10.0. The Balaban J connectivity index is 2.59. The molecular formula is C12H13N3. The van der Waals surface area contributed by atoms with E-state index in [9.17, 15) is 0 Å². The summed E-state index contributed by atoms with van der Waals surface area (Å²) in [4.78, 5) is 8.30. The molecule has 2 aromatic rings. The summed E-state index contributed by atoms with van der Waals surface area (Å²) in [5.74, 6) is 0. The van der Waals surface area contributed by atoms with Crippen LogP contribution in [0.5, 0.6) is 0 Å². The van der Waals surface area contributed by atoms with Gasteiger partial charge in [0.2, 0.25) is 0 Å². The van der Waals surface area contributed by atoms with Crippen molar-refractivity contribution in [3.05, 3.63) is 42.4 Å². The average molecular weight is 199 g/mol. The predicted molar refractivity (Wildman–Crippen MR) is 61.8 cm³/mol. The van der Waals surface area contributed by atoms with Gasteiger partial charge in [-0.3, -0.25) is 0 Å². The standard InChI is InChI=1S/C12H13N3/c1-9-5-3-4-6-10(9)12-11(13-2)7-14-8-15-12/h3-8,13H,1-2H3. The molecule has 0 aliphatic rings. The second-order valence-corrected chi connectivity index (χ2v) is 3.35. The Morgan fingerprint density at radius 3 is 2.73 bits per heavy atom. The molecule has 0 atom stereocenters. The van der Waals surface area contributed by atoms with E-state index < -0.39 is 0 Å². The zero-order chi connectivity index (χ0) is 10.7. The van der Waals surface area contributed by atoms with Crippen LogP contribution in [0.25, 0.3) is 11.3 Å². The summed E-state index contributed by atoms with van der Waals surface area (Å²) in [6.07, 6.45) is 3.36. The van der Waals surface area contributed by atoms with E-state index in [0.717, 1.165) is 16.9 Å². The first-order valence-electron chi connectivity index (χ1n) is 4.86. The van der Waals surface area contributed by atoms with Crippen LogP contribution in [0.1, 0.15) is 5.56 Å². The number of aromatic nitrogens is 2. The summed E-state index contributed by atoms with van der Waals surface area (Å²) in [7, 11) is 1.88. The Morgan fingerprint density at radius 1 is 1.20 bits per heavy atom. The lowest BCUT2D eigenvalue weighted by Gasteiger charge is -2.09. The first-order chi connectivity index (χ1) is 7.33. The second-order valence-electron chi connectivity index (χ2n) is 3.35. The van der Waals surface area contributed by atoms with Crippen molar-refractivity contribution in [2.75, 3.05) is 12.4 Å². The van der Waals surface area contributed by atoms with Crippen LogP contribution >= 0.6 is 0 Å². The summed E-state index contributed by atoms with van der Waals surface area (Å²) < 4.78 is 0. The third-order valence-electron chi connectivity index (χ3n) is 2.38. The van der Waals surface area contributed by atoms with Crippen molar-refractivity contribution in [2.24, 2.45) is 0 Å². The fourth-order valence-corrected chi connectivity index (χ4v) is 1.57. The highest BCUT2D eigenvalue weighted by atomic mass is 14.9. The molecule has 0 unspecified atom stereocenters. The molecule has 0 aliphatic carbocycles. The van der Waals surface area contributed by atoms with Crippen molar-refractivity contribution >= 4 is 5.69 Å². The van der Waals surface area contributed by atoms with E-state index in [4.69, 9.17) is 0 Å². The normalized spacial score (nSPS) is 10.0. The summed E-state index contributed by atoms with van der Waals surface area (Å²) in [6.45, 7) is 2.08. The van der Waals surface area contributed by atoms with Gasteiger partial charge in [0.05, 0.1) is 17.6 Å². The first-order valence-corrected chi connectivity index (χ1v) is 4.86. The van der Waals surface area contributed by atoms with E-state index in [0.29, 0.717) is 0 Å². The molecule has 1 aromatic heterocycles. The van der Waals surface area contributed by atoms with Gasteiger partial charge in [0.1, 0.15) is 6.33 Å². The molecule has 1 N–H and O–H groups in total. The van der Waals surface area contributed by atoms with Crippen molar-refractivity contribution in [2.45, 2.75) is 6.92 Å². The summed E-state index contributed by atoms with van der Waals surface area (Å²) in [6, 6.07) is 8.19. The van der Waals surface area contributed by atoms with Gasteiger partial charge >= 0.3 is 0 Å². The van der Waals surface area contributed by atoms with Crippen LogP contribution in [0.2, 0.25) is 0 Å². The van der Waals surface area contributed by atoms with E-state index >= 15 is 0 Å². The Labute approximate surface area is 89.2 Å². The third-order valence-corrected chi connectivity index (χ3v) is 2.38. The quantitative estimate of drug-likeness (QED) is 0.807. The molecule has 0 saturated heterocycles. The fourth-order valence-electron chi connectivity index (χ4n) is 1.57. The minimum absolute atomic E-state index is 0.950. The molecule has 0 spiro atoms. The minimum Gasteiger partial charge on any atom is -0.385 e.